The van der Waals surface area contributed by atoms with Gasteiger partial charge in [-0.1, -0.05) is 55.5 Å². The highest BCUT2D eigenvalue weighted by Gasteiger charge is 2.28. The number of para-hydroxylation sites is 2. The fourth-order valence-electron chi connectivity index (χ4n) is 4.75. The molecule has 0 aliphatic heterocycles. The molecule has 1 unspecified atom stereocenters. The first-order chi connectivity index (χ1) is 17.6. The van der Waals surface area contributed by atoms with E-state index in [-0.39, 0.29) is 12.6 Å². The highest BCUT2D eigenvalue weighted by Crippen LogP contribution is 2.38. The largest absolute Gasteiger partial charge is 0.497 e. The van der Waals surface area contributed by atoms with Gasteiger partial charge in [-0.05, 0) is 71.9 Å². The normalized spacial score (nSPS) is 15.9. The van der Waals surface area contributed by atoms with E-state index in [4.69, 9.17) is 19.2 Å². The van der Waals surface area contributed by atoms with Gasteiger partial charge in [0.25, 0.3) is 0 Å². The number of allylic oxidation sites excluding steroid dienone is 1. The second kappa shape index (κ2) is 10.6. The molecule has 36 heavy (non-hydrogen) atoms. The van der Waals surface area contributed by atoms with Gasteiger partial charge >= 0.3 is 5.97 Å². The predicted molar refractivity (Wildman–Crippen MR) is 142 cm³/mol. The number of hydrogen-bond donors (Lipinski definition) is 0. The molecule has 0 saturated heterocycles. The monoisotopic (exact) mass is 479 g/mol. The second-order valence-corrected chi connectivity index (χ2v) is 9.08. The predicted octanol–water partition coefficient (Wildman–Crippen LogP) is 6.60. The summed E-state index contributed by atoms with van der Waals surface area (Å²) in [5.41, 5.74) is 5.45. The Kier molecular flexibility index (Phi) is 6.99. The molecule has 1 atom stereocenters. The summed E-state index contributed by atoms with van der Waals surface area (Å²) in [6.07, 6.45) is 3.83. The minimum absolute atomic E-state index is 0.170. The number of methoxy groups -OCH3 is 1. The minimum atomic E-state index is -0.334. The third kappa shape index (κ3) is 5.10. The summed E-state index contributed by atoms with van der Waals surface area (Å²) < 4.78 is 16.7. The van der Waals surface area contributed by atoms with E-state index in [1.807, 2.05) is 78.9 Å². The number of esters is 1. The van der Waals surface area contributed by atoms with Gasteiger partial charge in [0.15, 0.2) is 0 Å². The molecule has 0 fully saturated rings. The van der Waals surface area contributed by atoms with Crippen molar-refractivity contribution in [2.24, 2.45) is 5.92 Å². The quantitative estimate of drug-likeness (QED) is 0.221. The minimum Gasteiger partial charge on any atom is -0.497 e. The van der Waals surface area contributed by atoms with E-state index >= 15 is 0 Å². The van der Waals surface area contributed by atoms with Gasteiger partial charge in [-0.3, -0.25) is 0 Å². The number of fused-ring (bicyclic) bond motifs is 2. The molecule has 1 heterocycles. The zero-order chi connectivity index (χ0) is 24.9. The molecule has 5 nitrogen and oxygen atoms in total. The average molecular weight is 480 g/mol. The van der Waals surface area contributed by atoms with Crippen molar-refractivity contribution < 1.29 is 19.0 Å². The van der Waals surface area contributed by atoms with E-state index in [1.54, 1.807) is 7.11 Å². The average Bonchev–Trinajstić information content (AvgIpc) is 2.91. The Labute approximate surface area is 211 Å². The summed E-state index contributed by atoms with van der Waals surface area (Å²) >= 11 is 0. The number of benzene rings is 3. The smallest absolute Gasteiger partial charge is 0.339 e. The SMILES string of the molecule is COc1ccc(C=C2CC(C)Cc3c2nc2ccccc2c3C(=O)OCCOc2ccccc2)cc1. The van der Waals surface area contributed by atoms with Crippen LogP contribution in [0, 0.1) is 5.92 Å². The topological polar surface area (TPSA) is 57.7 Å². The number of carbonyl (C=O) groups is 1. The van der Waals surface area contributed by atoms with E-state index in [2.05, 4.69) is 13.0 Å². The summed E-state index contributed by atoms with van der Waals surface area (Å²) in [6, 6.07) is 25.3. The second-order valence-electron chi connectivity index (χ2n) is 9.08. The number of aromatic nitrogens is 1. The van der Waals surface area contributed by atoms with Gasteiger partial charge in [-0.15, -0.1) is 0 Å². The molecule has 0 radical (unpaired) electrons. The fourth-order valence-corrected chi connectivity index (χ4v) is 4.75. The Balaban J connectivity index is 1.47. The van der Waals surface area contributed by atoms with Gasteiger partial charge in [0.05, 0.1) is 23.9 Å². The van der Waals surface area contributed by atoms with Crippen molar-refractivity contribution >= 4 is 28.5 Å². The first-order valence-electron chi connectivity index (χ1n) is 12.2. The maximum absolute atomic E-state index is 13.4. The lowest BCUT2D eigenvalue weighted by atomic mass is 9.80. The Morgan fingerprint density at radius 3 is 2.44 bits per heavy atom. The van der Waals surface area contributed by atoms with Gasteiger partial charge in [0.2, 0.25) is 0 Å². The van der Waals surface area contributed by atoms with Gasteiger partial charge in [0, 0.05) is 5.39 Å². The third-order valence-electron chi connectivity index (χ3n) is 6.41. The van der Waals surface area contributed by atoms with Crippen LogP contribution in [0.2, 0.25) is 0 Å². The number of carbonyl (C=O) groups excluding carboxylic acids is 1. The van der Waals surface area contributed by atoms with Gasteiger partial charge in [-0.2, -0.15) is 0 Å². The van der Waals surface area contributed by atoms with Crippen LogP contribution in [-0.4, -0.2) is 31.3 Å². The number of rotatable bonds is 7. The first kappa shape index (κ1) is 23.6. The van der Waals surface area contributed by atoms with Gasteiger partial charge < -0.3 is 14.2 Å². The number of pyridine rings is 1. The molecule has 0 bridgehead atoms. The van der Waals surface area contributed by atoms with Crippen molar-refractivity contribution in [1.82, 2.24) is 4.98 Å². The van der Waals surface area contributed by atoms with Gasteiger partial charge in [-0.25, -0.2) is 9.78 Å². The molecule has 0 N–H and O–H groups in total. The molecule has 5 heteroatoms. The zero-order valence-electron chi connectivity index (χ0n) is 20.6. The van der Waals surface area contributed by atoms with Crippen molar-refractivity contribution in [2.75, 3.05) is 20.3 Å². The molecule has 1 aliphatic rings. The number of hydrogen-bond acceptors (Lipinski definition) is 5. The molecule has 1 aliphatic carbocycles. The van der Waals surface area contributed by atoms with Crippen molar-refractivity contribution in [3.63, 3.8) is 0 Å². The Morgan fingerprint density at radius 1 is 0.917 bits per heavy atom. The number of ether oxygens (including phenoxy) is 3. The third-order valence-corrected chi connectivity index (χ3v) is 6.41. The summed E-state index contributed by atoms with van der Waals surface area (Å²) in [5, 5.41) is 0.822. The van der Waals surface area contributed by atoms with Crippen LogP contribution in [0.15, 0.2) is 78.9 Å². The number of nitrogens with zero attached hydrogens (tertiary/aromatic N) is 1. The van der Waals surface area contributed by atoms with Gasteiger partial charge in [0.1, 0.15) is 24.7 Å². The van der Waals surface area contributed by atoms with Crippen LogP contribution < -0.4 is 9.47 Å². The zero-order valence-corrected chi connectivity index (χ0v) is 20.6. The summed E-state index contributed by atoms with van der Waals surface area (Å²) in [6.45, 7) is 2.67. The van der Waals surface area contributed by atoms with Crippen LogP contribution in [0.5, 0.6) is 11.5 Å². The van der Waals surface area contributed by atoms with Crippen LogP contribution in [-0.2, 0) is 11.2 Å². The molecule has 5 rings (SSSR count). The summed E-state index contributed by atoms with van der Waals surface area (Å²) in [5.74, 6) is 1.61. The lowest BCUT2D eigenvalue weighted by molar-refractivity contribution is 0.0451. The van der Waals surface area contributed by atoms with Crippen molar-refractivity contribution in [3.8, 4) is 11.5 Å². The maximum Gasteiger partial charge on any atom is 0.339 e. The standard InChI is InChI=1S/C31H29NO4/c1-21-18-23(20-22-12-14-24(34-2)15-13-22)30-27(19-21)29(26-10-6-7-11-28(26)32-30)31(33)36-17-16-35-25-8-4-3-5-9-25/h3-15,20-21H,16-19H2,1-2H3. The van der Waals surface area contributed by atoms with Crippen LogP contribution in [0.4, 0.5) is 0 Å². The van der Waals surface area contributed by atoms with E-state index in [0.717, 1.165) is 57.6 Å². The van der Waals surface area contributed by atoms with E-state index in [1.165, 1.54) is 0 Å². The fraction of sp³-hybridized carbons (Fsp3) is 0.226. The van der Waals surface area contributed by atoms with Crippen LogP contribution in [0.3, 0.4) is 0 Å². The lowest BCUT2D eigenvalue weighted by Crippen LogP contribution is -2.20. The highest BCUT2D eigenvalue weighted by molar-refractivity contribution is 6.06. The molecule has 0 saturated carbocycles. The molecule has 3 aromatic carbocycles. The van der Waals surface area contributed by atoms with Crippen molar-refractivity contribution in [1.29, 1.82) is 0 Å². The van der Waals surface area contributed by atoms with Crippen LogP contribution >= 0.6 is 0 Å². The molecule has 1 aromatic heterocycles. The van der Waals surface area contributed by atoms with Crippen molar-refractivity contribution in [3.05, 3.63) is 101 Å². The van der Waals surface area contributed by atoms with Crippen LogP contribution in [0.1, 0.15) is 40.5 Å². The summed E-state index contributed by atoms with van der Waals surface area (Å²) in [4.78, 5) is 18.5. The van der Waals surface area contributed by atoms with E-state index in [9.17, 15) is 4.79 Å². The Morgan fingerprint density at radius 2 is 1.67 bits per heavy atom. The molecule has 182 valence electrons. The molecule has 0 amide bonds. The summed E-state index contributed by atoms with van der Waals surface area (Å²) in [7, 11) is 1.66. The molecule has 0 spiro atoms. The molecule has 4 aromatic rings. The van der Waals surface area contributed by atoms with Crippen molar-refractivity contribution in [2.45, 2.75) is 19.8 Å². The Hall–Kier alpha value is -4.12. The van der Waals surface area contributed by atoms with E-state index in [0.29, 0.717) is 18.1 Å². The van der Waals surface area contributed by atoms with Crippen LogP contribution in [0.25, 0.3) is 22.6 Å². The Bertz CT molecular complexity index is 1390. The maximum atomic E-state index is 13.4. The first-order valence-corrected chi connectivity index (χ1v) is 12.2. The highest BCUT2D eigenvalue weighted by atomic mass is 16.6. The molecular formula is C31H29NO4. The van der Waals surface area contributed by atoms with E-state index < -0.39 is 0 Å². The lowest BCUT2D eigenvalue weighted by Gasteiger charge is -2.26. The molecular weight excluding hydrogens is 450 g/mol.